The third-order valence-corrected chi connectivity index (χ3v) is 6.33. The van der Waals surface area contributed by atoms with Crippen LogP contribution in [0.15, 0.2) is 84.9 Å². The lowest BCUT2D eigenvalue weighted by Crippen LogP contribution is -2.48. The number of para-hydroxylation sites is 1. The highest BCUT2D eigenvalue weighted by atomic mass is 16.2. The van der Waals surface area contributed by atoms with Gasteiger partial charge in [-0.05, 0) is 22.8 Å². The van der Waals surface area contributed by atoms with Gasteiger partial charge < -0.3 is 9.80 Å². The summed E-state index contributed by atoms with van der Waals surface area (Å²) in [6.45, 7) is 0.719. The largest absolute Gasteiger partial charge is 0.321 e. The predicted octanol–water partition coefficient (Wildman–Crippen LogP) is 3.80. The van der Waals surface area contributed by atoms with E-state index in [1.54, 1.807) is 9.80 Å². The smallest absolute Gasteiger partial charge is 0.241 e. The molecule has 0 aliphatic carbocycles. The van der Waals surface area contributed by atoms with E-state index >= 15 is 0 Å². The first-order valence-electron chi connectivity index (χ1n) is 10.3. The monoisotopic (exact) mass is 407 g/mol. The molecular weight excluding hydrogens is 386 g/mol. The standard InChI is InChI=1S/C26H21N3O2/c27-16-23-26(15-24(30)29(23)18-20-11-5-2-6-12-20)21-13-7-8-14-22(21)28(25(26)31)17-19-9-3-1-4-10-19/h1-14,23H,15,17-18H2/t23-,26+/m0/s1. The molecule has 1 saturated heterocycles. The Kier molecular flexibility index (Phi) is 4.56. The first-order chi connectivity index (χ1) is 15.1. The van der Waals surface area contributed by atoms with Gasteiger partial charge in [0, 0.05) is 18.7 Å². The van der Waals surface area contributed by atoms with Crippen molar-refractivity contribution < 1.29 is 9.59 Å². The lowest BCUT2D eigenvalue weighted by Gasteiger charge is -2.29. The van der Waals surface area contributed by atoms with Crippen LogP contribution in [0.2, 0.25) is 0 Å². The molecule has 0 N–H and O–H groups in total. The molecule has 0 radical (unpaired) electrons. The highest BCUT2D eigenvalue weighted by molar-refractivity contribution is 6.12. The van der Waals surface area contributed by atoms with Gasteiger partial charge in [-0.3, -0.25) is 9.59 Å². The molecule has 5 nitrogen and oxygen atoms in total. The van der Waals surface area contributed by atoms with Crippen molar-refractivity contribution in [2.75, 3.05) is 4.90 Å². The maximum Gasteiger partial charge on any atom is 0.241 e. The Labute approximate surface area is 181 Å². The van der Waals surface area contributed by atoms with Crippen molar-refractivity contribution in [1.29, 1.82) is 5.26 Å². The Morgan fingerprint density at radius 1 is 0.839 bits per heavy atom. The first-order valence-corrected chi connectivity index (χ1v) is 10.3. The molecule has 152 valence electrons. The second-order valence-corrected chi connectivity index (χ2v) is 8.08. The van der Waals surface area contributed by atoms with E-state index < -0.39 is 11.5 Å². The second kappa shape index (κ2) is 7.41. The molecule has 0 bridgehead atoms. The molecule has 2 heterocycles. The molecule has 1 fully saturated rings. The second-order valence-electron chi connectivity index (χ2n) is 8.08. The molecule has 0 unspecified atom stereocenters. The van der Waals surface area contributed by atoms with Gasteiger partial charge in [0.1, 0.15) is 11.5 Å². The highest BCUT2D eigenvalue weighted by Crippen LogP contribution is 2.51. The van der Waals surface area contributed by atoms with Crippen LogP contribution in [0.3, 0.4) is 0 Å². The predicted molar refractivity (Wildman–Crippen MR) is 117 cm³/mol. The average Bonchev–Trinajstić information content (AvgIpc) is 3.22. The molecule has 2 atom stereocenters. The van der Waals surface area contributed by atoms with Crippen LogP contribution in [0.1, 0.15) is 23.1 Å². The van der Waals surface area contributed by atoms with Gasteiger partial charge in [0.2, 0.25) is 11.8 Å². The van der Waals surface area contributed by atoms with E-state index in [9.17, 15) is 14.9 Å². The minimum atomic E-state index is -1.17. The van der Waals surface area contributed by atoms with Gasteiger partial charge in [0.05, 0.1) is 12.6 Å². The van der Waals surface area contributed by atoms with E-state index in [2.05, 4.69) is 6.07 Å². The molecule has 2 aliphatic rings. The van der Waals surface area contributed by atoms with E-state index in [0.717, 1.165) is 22.4 Å². The number of benzene rings is 3. The number of hydrogen-bond acceptors (Lipinski definition) is 3. The Morgan fingerprint density at radius 3 is 2.06 bits per heavy atom. The third kappa shape index (κ3) is 2.91. The molecule has 3 aromatic carbocycles. The van der Waals surface area contributed by atoms with Crippen LogP contribution in [0, 0.1) is 11.3 Å². The first kappa shape index (κ1) is 19.1. The van der Waals surface area contributed by atoms with Gasteiger partial charge in [-0.2, -0.15) is 5.26 Å². The van der Waals surface area contributed by atoms with Crippen LogP contribution in [0.4, 0.5) is 5.69 Å². The van der Waals surface area contributed by atoms with Crippen LogP contribution in [0.5, 0.6) is 0 Å². The molecule has 2 aliphatic heterocycles. The molecule has 0 saturated carbocycles. The number of amides is 2. The third-order valence-electron chi connectivity index (χ3n) is 6.33. The van der Waals surface area contributed by atoms with Crippen LogP contribution >= 0.6 is 0 Å². The molecule has 3 aromatic rings. The minimum absolute atomic E-state index is 0.0131. The topological polar surface area (TPSA) is 64.4 Å². The van der Waals surface area contributed by atoms with Gasteiger partial charge in [-0.15, -0.1) is 0 Å². The molecule has 5 rings (SSSR count). The fraction of sp³-hybridized carbons (Fsp3) is 0.192. The number of nitriles is 1. The number of nitrogens with zero attached hydrogens (tertiary/aromatic N) is 3. The van der Waals surface area contributed by atoms with Crippen molar-refractivity contribution in [3.63, 3.8) is 0 Å². The van der Waals surface area contributed by atoms with Crippen LogP contribution in [-0.4, -0.2) is 22.8 Å². The molecule has 5 heteroatoms. The van der Waals surface area contributed by atoms with Crippen molar-refractivity contribution in [3.05, 3.63) is 102 Å². The number of fused-ring (bicyclic) bond motifs is 2. The van der Waals surface area contributed by atoms with Crippen LogP contribution in [0.25, 0.3) is 0 Å². The normalized spacial score (nSPS) is 22.1. The van der Waals surface area contributed by atoms with Crippen molar-refractivity contribution in [1.82, 2.24) is 4.90 Å². The fourth-order valence-electron chi connectivity index (χ4n) is 4.90. The zero-order chi connectivity index (χ0) is 21.4. The lowest BCUT2D eigenvalue weighted by molar-refractivity contribution is -0.129. The van der Waals surface area contributed by atoms with Crippen LogP contribution in [-0.2, 0) is 28.1 Å². The average molecular weight is 407 g/mol. The molecule has 2 amide bonds. The van der Waals surface area contributed by atoms with E-state index in [-0.39, 0.29) is 18.2 Å². The van der Waals surface area contributed by atoms with E-state index in [0.29, 0.717) is 13.1 Å². The number of rotatable bonds is 4. The summed E-state index contributed by atoms with van der Waals surface area (Å²) in [5.41, 5.74) is 2.32. The van der Waals surface area contributed by atoms with Crippen molar-refractivity contribution in [3.8, 4) is 6.07 Å². The zero-order valence-electron chi connectivity index (χ0n) is 16.9. The summed E-state index contributed by atoms with van der Waals surface area (Å²) >= 11 is 0. The lowest BCUT2D eigenvalue weighted by atomic mass is 9.75. The van der Waals surface area contributed by atoms with Gasteiger partial charge in [-0.25, -0.2) is 0 Å². The van der Waals surface area contributed by atoms with Crippen molar-refractivity contribution in [2.45, 2.75) is 31.0 Å². The summed E-state index contributed by atoms with van der Waals surface area (Å²) in [4.78, 5) is 30.3. The van der Waals surface area contributed by atoms with E-state index in [1.165, 1.54) is 0 Å². The number of anilines is 1. The summed E-state index contributed by atoms with van der Waals surface area (Å²) in [6, 6.07) is 28.4. The maximum atomic E-state index is 13.9. The molecule has 0 aromatic heterocycles. The molecule has 1 spiro atoms. The SMILES string of the molecule is N#C[C@@H]1N(Cc2ccccc2)C(=O)C[C@]12C(=O)N(Cc1ccccc1)c1ccccc12. The Bertz CT molecular complexity index is 1190. The summed E-state index contributed by atoms with van der Waals surface area (Å²) in [6.07, 6.45) is 0.0131. The number of hydrogen-bond donors (Lipinski definition) is 0. The Hall–Kier alpha value is -3.91. The van der Waals surface area contributed by atoms with Crippen LogP contribution < -0.4 is 4.90 Å². The van der Waals surface area contributed by atoms with Crippen molar-refractivity contribution >= 4 is 17.5 Å². The number of carbonyl (C=O) groups excluding carboxylic acids is 2. The molecule has 31 heavy (non-hydrogen) atoms. The highest BCUT2D eigenvalue weighted by Gasteiger charge is 2.63. The summed E-state index contributed by atoms with van der Waals surface area (Å²) < 4.78 is 0. The van der Waals surface area contributed by atoms with Gasteiger partial charge in [-0.1, -0.05) is 78.9 Å². The van der Waals surface area contributed by atoms with E-state index in [4.69, 9.17) is 0 Å². The Morgan fingerprint density at radius 2 is 1.42 bits per heavy atom. The number of carbonyl (C=O) groups is 2. The maximum absolute atomic E-state index is 13.9. The molecular formula is C26H21N3O2. The van der Waals surface area contributed by atoms with E-state index in [1.807, 2.05) is 84.9 Å². The summed E-state index contributed by atoms with van der Waals surface area (Å²) in [7, 11) is 0. The Balaban J connectivity index is 1.57. The van der Waals surface area contributed by atoms with Gasteiger partial charge in [0.15, 0.2) is 0 Å². The zero-order valence-corrected chi connectivity index (χ0v) is 16.9. The number of likely N-dealkylation sites (tertiary alicyclic amines) is 1. The summed E-state index contributed by atoms with van der Waals surface area (Å²) in [5, 5.41) is 10.2. The minimum Gasteiger partial charge on any atom is -0.321 e. The summed E-state index contributed by atoms with van der Waals surface area (Å²) in [5.74, 6) is -0.340. The van der Waals surface area contributed by atoms with Gasteiger partial charge >= 0.3 is 0 Å². The fourth-order valence-corrected chi connectivity index (χ4v) is 4.90. The quantitative estimate of drug-likeness (QED) is 0.661. The van der Waals surface area contributed by atoms with Crippen molar-refractivity contribution in [2.24, 2.45) is 0 Å². The van der Waals surface area contributed by atoms with Gasteiger partial charge in [0.25, 0.3) is 0 Å².